The number of benzene rings is 1. The fraction of sp³-hybridized carbons (Fsp3) is 0.579. The lowest BCUT2D eigenvalue weighted by atomic mass is 10.1. The van der Waals surface area contributed by atoms with E-state index in [9.17, 15) is 9.59 Å². The van der Waals surface area contributed by atoms with Crippen molar-refractivity contribution in [2.24, 2.45) is 0 Å². The van der Waals surface area contributed by atoms with Gasteiger partial charge in [-0.3, -0.25) is 14.5 Å². The molecular formula is C19H29N3O3. The number of nitrogens with zero attached hydrogens (tertiary/aromatic N) is 1. The van der Waals surface area contributed by atoms with E-state index in [1.165, 1.54) is 0 Å². The number of carbonyl (C=O) groups excluding carboxylic acids is 2. The lowest BCUT2D eigenvalue weighted by molar-refractivity contribution is -0.127. The minimum Gasteiger partial charge on any atom is -0.376 e. The monoisotopic (exact) mass is 347 g/mol. The predicted octanol–water partition coefficient (Wildman–Crippen LogP) is 1.86. The first-order valence-corrected chi connectivity index (χ1v) is 8.84. The molecule has 1 heterocycles. The highest BCUT2D eigenvalue weighted by Gasteiger charge is 2.22. The summed E-state index contributed by atoms with van der Waals surface area (Å²) in [6.45, 7) is 7.19. The number of amides is 2. The summed E-state index contributed by atoms with van der Waals surface area (Å²) in [6, 6.07) is 5.51. The third kappa shape index (κ3) is 5.54. The van der Waals surface area contributed by atoms with Gasteiger partial charge in [-0.15, -0.1) is 0 Å². The number of rotatable bonds is 7. The average molecular weight is 347 g/mol. The zero-order valence-corrected chi connectivity index (χ0v) is 15.6. The summed E-state index contributed by atoms with van der Waals surface area (Å²) in [6.07, 6.45) is 2.16. The third-order valence-corrected chi connectivity index (χ3v) is 4.71. The smallest absolute Gasteiger partial charge is 0.238 e. The maximum Gasteiger partial charge on any atom is 0.238 e. The van der Waals surface area contributed by atoms with Gasteiger partial charge >= 0.3 is 0 Å². The van der Waals surface area contributed by atoms with Crippen molar-refractivity contribution in [1.29, 1.82) is 0 Å². The second-order valence-corrected chi connectivity index (χ2v) is 6.79. The second-order valence-electron chi connectivity index (χ2n) is 6.79. The van der Waals surface area contributed by atoms with E-state index >= 15 is 0 Å². The van der Waals surface area contributed by atoms with Gasteiger partial charge in [0.2, 0.25) is 11.8 Å². The van der Waals surface area contributed by atoms with Gasteiger partial charge in [-0.2, -0.15) is 0 Å². The van der Waals surface area contributed by atoms with E-state index < -0.39 is 0 Å². The number of aryl methyl sites for hydroxylation is 2. The van der Waals surface area contributed by atoms with E-state index in [-0.39, 0.29) is 30.5 Å². The molecule has 0 saturated carbocycles. The SMILES string of the molecule is Cc1cccc(C)c1NC(=O)CN(C)[C@@H](C)C(=O)NC[C@@H]1CCCO1. The van der Waals surface area contributed by atoms with Crippen molar-refractivity contribution < 1.29 is 14.3 Å². The first-order chi connectivity index (χ1) is 11.9. The summed E-state index contributed by atoms with van der Waals surface area (Å²) in [5.41, 5.74) is 2.90. The predicted molar refractivity (Wildman–Crippen MR) is 98.6 cm³/mol. The largest absolute Gasteiger partial charge is 0.376 e. The number of hydrogen-bond acceptors (Lipinski definition) is 4. The molecule has 6 nitrogen and oxygen atoms in total. The molecule has 0 aromatic heterocycles. The van der Waals surface area contributed by atoms with E-state index in [1.54, 1.807) is 18.9 Å². The molecule has 1 aromatic carbocycles. The summed E-state index contributed by atoms with van der Waals surface area (Å²) in [4.78, 5) is 26.3. The summed E-state index contributed by atoms with van der Waals surface area (Å²) in [7, 11) is 1.78. The lowest BCUT2D eigenvalue weighted by Gasteiger charge is -2.24. The maximum atomic E-state index is 12.3. The molecule has 25 heavy (non-hydrogen) atoms. The fourth-order valence-corrected chi connectivity index (χ4v) is 2.92. The normalized spacial score (nSPS) is 18.2. The van der Waals surface area contributed by atoms with Gasteiger partial charge in [0, 0.05) is 18.8 Å². The number of nitrogens with one attached hydrogen (secondary N) is 2. The lowest BCUT2D eigenvalue weighted by Crippen LogP contribution is -2.47. The van der Waals surface area contributed by atoms with Crippen LogP contribution >= 0.6 is 0 Å². The zero-order valence-electron chi connectivity index (χ0n) is 15.6. The Bertz CT molecular complexity index is 592. The Balaban J connectivity index is 1.81. The van der Waals surface area contributed by atoms with E-state index in [2.05, 4.69) is 10.6 Å². The Morgan fingerprint density at radius 2 is 2.00 bits per heavy atom. The van der Waals surface area contributed by atoms with Gasteiger partial charge in [0.15, 0.2) is 0 Å². The van der Waals surface area contributed by atoms with Crippen LogP contribution < -0.4 is 10.6 Å². The molecule has 2 N–H and O–H groups in total. The Morgan fingerprint density at radius 3 is 2.60 bits per heavy atom. The molecule has 1 aliphatic heterocycles. The van der Waals surface area contributed by atoms with Crippen molar-refractivity contribution in [3.63, 3.8) is 0 Å². The molecular weight excluding hydrogens is 318 g/mol. The van der Waals surface area contributed by atoms with Crippen LogP contribution in [0.1, 0.15) is 30.9 Å². The number of para-hydroxylation sites is 1. The van der Waals surface area contributed by atoms with Gasteiger partial charge in [-0.05, 0) is 51.8 Å². The van der Waals surface area contributed by atoms with Crippen LogP contribution in [0.3, 0.4) is 0 Å². The van der Waals surface area contributed by atoms with Gasteiger partial charge in [-0.25, -0.2) is 0 Å². The summed E-state index contributed by atoms with van der Waals surface area (Å²) in [5.74, 6) is -0.212. The van der Waals surface area contributed by atoms with Crippen LogP contribution in [0.15, 0.2) is 18.2 Å². The van der Waals surface area contributed by atoms with Gasteiger partial charge in [0.25, 0.3) is 0 Å². The van der Waals surface area contributed by atoms with Crippen molar-refractivity contribution in [2.75, 3.05) is 32.1 Å². The zero-order chi connectivity index (χ0) is 18.4. The molecule has 0 aliphatic carbocycles. The molecule has 0 radical (unpaired) electrons. The quantitative estimate of drug-likeness (QED) is 0.790. The highest BCUT2D eigenvalue weighted by atomic mass is 16.5. The summed E-state index contributed by atoms with van der Waals surface area (Å²) < 4.78 is 5.50. The van der Waals surface area contributed by atoms with Crippen LogP contribution in [0.5, 0.6) is 0 Å². The average Bonchev–Trinajstić information content (AvgIpc) is 3.08. The molecule has 1 aromatic rings. The molecule has 2 atom stereocenters. The first-order valence-electron chi connectivity index (χ1n) is 8.84. The van der Waals surface area contributed by atoms with Crippen LogP contribution in [-0.2, 0) is 14.3 Å². The van der Waals surface area contributed by atoms with Crippen LogP contribution in [0.25, 0.3) is 0 Å². The highest BCUT2D eigenvalue weighted by Crippen LogP contribution is 2.19. The maximum absolute atomic E-state index is 12.3. The van der Waals surface area contributed by atoms with Gasteiger partial charge < -0.3 is 15.4 Å². The van der Waals surface area contributed by atoms with Crippen molar-refractivity contribution >= 4 is 17.5 Å². The van der Waals surface area contributed by atoms with E-state index in [0.29, 0.717) is 6.54 Å². The summed E-state index contributed by atoms with van der Waals surface area (Å²) >= 11 is 0. The number of hydrogen-bond donors (Lipinski definition) is 2. The highest BCUT2D eigenvalue weighted by molar-refractivity contribution is 5.94. The van der Waals surface area contributed by atoms with Gasteiger partial charge in [0.05, 0.1) is 18.7 Å². The molecule has 1 aliphatic rings. The Kier molecular flexibility index (Phi) is 6.96. The topological polar surface area (TPSA) is 70.7 Å². The molecule has 1 saturated heterocycles. The van der Waals surface area contributed by atoms with Crippen molar-refractivity contribution in [3.8, 4) is 0 Å². The minimum atomic E-state index is -0.384. The third-order valence-electron chi connectivity index (χ3n) is 4.71. The number of anilines is 1. The molecule has 2 amide bonds. The molecule has 138 valence electrons. The first kappa shape index (κ1) is 19.4. The second kappa shape index (κ2) is 8.97. The molecule has 0 bridgehead atoms. The Labute approximate surface area is 149 Å². The van der Waals surface area contributed by atoms with E-state index in [1.807, 2.05) is 32.0 Å². The van der Waals surface area contributed by atoms with Crippen molar-refractivity contribution in [3.05, 3.63) is 29.3 Å². The molecule has 2 rings (SSSR count). The van der Waals surface area contributed by atoms with Crippen LogP contribution in [-0.4, -0.2) is 55.6 Å². The molecule has 6 heteroatoms. The van der Waals surface area contributed by atoms with Crippen LogP contribution in [0.2, 0.25) is 0 Å². The van der Waals surface area contributed by atoms with Gasteiger partial charge in [0.1, 0.15) is 0 Å². The molecule has 0 spiro atoms. The van der Waals surface area contributed by atoms with Gasteiger partial charge in [-0.1, -0.05) is 18.2 Å². The number of carbonyl (C=O) groups is 2. The van der Waals surface area contributed by atoms with Crippen molar-refractivity contribution in [1.82, 2.24) is 10.2 Å². The van der Waals surface area contributed by atoms with Crippen LogP contribution in [0, 0.1) is 13.8 Å². The Hall–Kier alpha value is -1.92. The Morgan fingerprint density at radius 1 is 1.32 bits per heavy atom. The van der Waals surface area contributed by atoms with E-state index in [4.69, 9.17) is 4.74 Å². The van der Waals surface area contributed by atoms with Crippen LogP contribution in [0.4, 0.5) is 5.69 Å². The fourth-order valence-electron chi connectivity index (χ4n) is 2.92. The standard InChI is InChI=1S/C19H29N3O3/c1-13-7-5-8-14(2)18(13)21-17(23)12-22(4)15(3)19(24)20-11-16-9-6-10-25-16/h5,7-8,15-16H,6,9-12H2,1-4H3,(H,20,24)(H,21,23)/t15-,16-/m0/s1. The summed E-state index contributed by atoms with van der Waals surface area (Å²) in [5, 5.41) is 5.86. The van der Waals surface area contributed by atoms with Crippen molar-refractivity contribution in [2.45, 2.75) is 45.8 Å². The molecule has 1 fully saturated rings. The van der Waals surface area contributed by atoms with E-state index in [0.717, 1.165) is 36.3 Å². The number of ether oxygens (including phenoxy) is 1. The molecule has 0 unspecified atom stereocenters. The minimum absolute atomic E-state index is 0.0853. The number of likely N-dealkylation sites (N-methyl/N-ethyl adjacent to an activating group) is 1.